The summed E-state index contributed by atoms with van der Waals surface area (Å²) in [6.45, 7) is -0.397. The van der Waals surface area contributed by atoms with Crippen molar-refractivity contribution in [3.63, 3.8) is 0 Å². The van der Waals surface area contributed by atoms with Crippen molar-refractivity contribution < 1.29 is 32.3 Å². The van der Waals surface area contributed by atoms with Crippen LogP contribution in [0.4, 0.5) is 10.5 Å². The lowest BCUT2D eigenvalue weighted by atomic mass is 10.1. The molecule has 4 rings (SSSR count). The highest BCUT2D eigenvalue weighted by atomic mass is 32.2. The summed E-state index contributed by atoms with van der Waals surface area (Å²) in [4.78, 5) is 42.8. The number of sulfone groups is 1. The average molecular weight is 575 g/mol. The number of amides is 3. The fourth-order valence-corrected chi connectivity index (χ4v) is 6.84. The van der Waals surface area contributed by atoms with Gasteiger partial charge in [0.1, 0.15) is 5.01 Å². The predicted molar refractivity (Wildman–Crippen MR) is 148 cm³/mol. The van der Waals surface area contributed by atoms with Crippen molar-refractivity contribution in [3.8, 4) is 11.1 Å². The molecule has 1 aliphatic carbocycles. The van der Waals surface area contributed by atoms with Crippen LogP contribution in [-0.2, 0) is 28.9 Å². The van der Waals surface area contributed by atoms with Gasteiger partial charge < -0.3 is 20.1 Å². The van der Waals surface area contributed by atoms with Crippen molar-refractivity contribution in [2.45, 2.75) is 24.1 Å². The van der Waals surface area contributed by atoms with Crippen LogP contribution in [0.15, 0.2) is 42.5 Å². The Balaban J connectivity index is 1.59. The number of anilines is 1. The van der Waals surface area contributed by atoms with E-state index in [1.807, 2.05) is 24.3 Å². The van der Waals surface area contributed by atoms with Crippen molar-refractivity contribution in [2.24, 2.45) is 0 Å². The number of rotatable bonds is 11. The van der Waals surface area contributed by atoms with Gasteiger partial charge >= 0.3 is 6.09 Å². The second-order valence-corrected chi connectivity index (χ2v) is 12.4. The van der Waals surface area contributed by atoms with Crippen LogP contribution in [0.3, 0.4) is 0 Å². The SMILES string of the molecule is COCCS(=O)(=O)C(C(=O)NCC(=O)NC1CC1)c1nc2ccc(-c3ccc(N(C)C(=O)OC)cc3)cc2s1. The molecule has 2 N–H and O–H groups in total. The largest absolute Gasteiger partial charge is 0.452 e. The van der Waals surface area contributed by atoms with Crippen molar-refractivity contribution >= 4 is 55.0 Å². The molecular weight excluding hydrogens is 544 g/mol. The Morgan fingerprint density at radius 2 is 1.79 bits per heavy atom. The van der Waals surface area contributed by atoms with E-state index >= 15 is 0 Å². The monoisotopic (exact) mass is 574 g/mol. The summed E-state index contributed by atoms with van der Waals surface area (Å²) in [5.41, 5.74) is 2.93. The lowest BCUT2D eigenvalue weighted by molar-refractivity contribution is -0.126. The number of hydrogen-bond acceptors (Lipinski definition) is 9. The first-order chi connectivity index (χ1) is 18.6. The van der Waals surface area contributed by atoms with Crippen molar-refractivity contribution in [1.82, 2.24) is 15.6 Å². The number of carbonyl (C=O) groups excluding carboxylic acids is 3. The molecule has 0 aliphatic heterocycles. The van der Waals surface area contributed by atoms with E-state index < -0.39 is 27.1 Å². The molecule has 1 saturated carbocycles. The molecule has 39 heavy (non-hydrogen) atoms. The van der Waals surface area contributed by atoms with Gasteiger partial charge in [0.25, 0.3) is 0 Å². The molecular formula is C26H30N4O7S2. The Kier molecular flexibility index (Phi) is 8.83. The number of methoxy groups -OCH3 is 2. The van der Waals surface area contributed by atoms with Crippen LogP contribution in [0.2, 0.25) is 0 Å². The van der Waals surface area contributed by atoms with Crippen LogP contribution in [-0.4, -0.2) is 77.5 Å². The first kappa shape index (κ1) is 28.5. The Morgan fingerprint density at radius 3 is 2.44 bits per heavy atom. The van der Waals surface area contributed by atoms with Gasteiger partial charge in [-0.1, -0.05) is 18.2 Å². The molecule has 208 valence electrons. The first-order valence-electron chi connectivity index (χ1n) is 12.2. The van der Waals surface area contributed by atoms with Crippen LogP contribution in [0.1, 0.15) is 23.1 Å². The van der Waals surface area contributed by atoms with Crippen LogP contribution < -0.4 is 15.5 Å². The molecule has 11 nitrogen and oxygen atoms in total. The van der Waals surface area contributed by atoms with Gasteiger partial charge in [-0.25, -0.2) is 18.2 Å². The number of fused-ring (bicyclic) bond motifs is 1. The highest BCUT2D eigenvalue weighted by Crippen LogP contribution is 2.34. The number of hydrogen-bond donors (Lipinski definition) is 2. The second-order valence-electron chi connectivity index (χ2n) is 9.11. The smallest absolute Gasteiger partial charge is 0.413 e. The van der Waals surface area contributed by atoms with Gasteiger partial charge in [0.15, 0.2) is 15.1 Å². The fourth-order valence-electron chi connectivity index (χ4n) is 3.87. The minimum atomic E-state index is -3.99. The van der Waals surface area contributed by atoms with E-state index in [0.29, 0.717) is 15.9 Å². The Labute approximate surface area is 230 Å². The molecule has 0 saturated heterocycles. The summed E-state index contributed by atoms with van der Waals surface area (Å²) in [5.74, 6) is -1.54. The summed E-state index contributed by atoms with van der Waals surface area (Å²) in [7, 11) is 0.314. The van der Waals surface area contributed by atoms with E-state index in [1.165, 1.54) is 19.1 Å². The van der Waals surface area contributed by atoms with Crippen LogP contribution in [0.25, 0.3) is 21.3 Å². The topological polar surface area (TPSA) is 144 Å². The van der Waals surface area contributed by atoms with Crippen LogP contribution >= 0.6 is 11.3 Å². The van der Waals surface area contributed by atoms with Crippen LogP contribution in [0.5, 0.6) is 0 Å². The van der Waals surface area contributed by atoms with Gasteiger partial charge in [0.2, 0.25) is 11.8 Å². The molecule has 1 fully saturated rings. The number of nitrogens with one attached hydrogen (secondary N) is 2. The van der Waals surface area contributed by atoms with E-state index in [-0.39, 0.29) is 35.9 Å². The van der Waals surface area contributed by atoms with E-state index in [9.17, 15) is 22.8 Å². The predicted octanol–water partition coefficient (Wildman–Crippen LogP) is 2.66. The van der Waals surface area contributed by atoms with Gasteiger partial charge in [-0.3, -0.25) is 14.5 Å². The summed E-state index contributed by atoms with van der Waals surface area (Å²) in [6, 6.07) is 12.9. The molecule has 0 bridgehead atoms. The van der Waals surface area contributed by atoms with E-state index in [4.69, 9.17) is 9.47 Å². The second kappa shape index (κ2) is 12.1. The van der Waals surface area contributed by atoms with Crippen molar-refractivity contribution in [2.75, 3.05) is 45.1 Å². The maximum Gasteiger partial charge on any atom is 0.413 e. The molecule has 1 heterocycles. The molecule has 2 aromatic carbocycles. The third kappa shape index (κ3) is 6.91. The van der Waals surface area contributed by atoms with Crippen molar-refractivity contribution in [3.05, 3.63) is 47.5 Å². The first-order valence-corrected chi connectivity index (χ1v) is 14.8. The third-order valence-electron chi connectivity index (χ3n) is 6.20. The summed E-state index contributed by atoms with van der Waals surface area (Å²) in [5, 5.41) is 3.77. The molecule has 13 heteroatoms. The average Bonchev–Trinajstić information content (AvgIpc) is 3.65. The number of nitrogens with zero attached hydrogens (tertiary/aromatic N) is 2. The van der Waals surface area contributed by atoms with Crippen molar-refractivity contribution in [1.29, 1.82) is 0 Å². The van der Waals surface area contributed by atoms with E-state index in [1.54, 1.807) is 25.2 Å². The minimum Gasteiger partial charge on any atom is -0.452 e. The van der Waals surface area contributed by atoms with Gasteiger partial charge in [0.05, 0.1) is 36.2 Å². The van der Waals surface area contributed by atoms with Gasteiger partial charge in [-0.15, -0.1) is 11.3 Å². The zero-order valence-electron chi connectivity index (χ0n) is 21.8. The molecule has 1 aromatic heterocycles. The number of aromatic nitrogens is 1. The lowest BCUT2D eigenvalue weighted by Crippen LogP contribution is -2.41. The highest BCUT2D eigenvalue weighted by molar-refractivity contribution is 7.92. The quantitative estimate of drug-likeness (QED) is 0.356. The zero-order chi connectivity index (χ0) is 28.2. The Hall–Kier alpha value is -3.55. The summed E-state index contributed by atoms with van der Waals surface area (Å²) < 4.78 is 36.7. The zero-order valence-corrected chi connectivity index (χ0v) is 23.4. The summed E-state index contributed by atoms with van der Waals surface area (Å²) >= 11 is 1.11. The number of benzene rings is 2. The number of thiazole rings is 1. The molecule has 1 aliphatic rings. The minimum absolute atomic E-state index is 0.0789. The molecule has 0 spiro atoms. The highest BCUT2D eigenvalue weighted by Gasteiger charge is 2.37. The Morgan fingerprint density at radius 1 is 1.10 bits per heavy atom. The molecule has 1 atom stereocenters. The maximum absolute atomic E-state index is 13.2. The van der Waals surface area contributed by atoms with Gasteiger partial charge in [-0.05, 0) is 48.2 Å². The lowest BCUT2D eigenvalue weighted by Gasteiger charge is -2.15. The van der Waals surface area contributed by atoms with Gasteiger partial charge in [0, 0.05) is 25.9 Å². The molecule has 0 radical (unpaired) electrons. The summed E-state index contributed by atoms with van der Waals surface area (Å²) in [6.07, 6.45) is 1.32. The third-order valence-corrected chi connectivity index (χ3v) is 9.32. The number of carbonyl (C=O) groups is 3. The number of ether oxygens (including phenoxy) is 2. The van der Waals surface area contributed by atoms with Crippen LogP contribution in [0, 0.1) is 0 Å². The van der Waals surface area contributed by atoms with Gasteiger partial charge in [-0.2, -0.15) is 0 Å². The molecule has 3 amide bonds. The molecule has 1 unspecified atom stereocenters. The fraction of sp³-hybridized carbons (Fsp3) is 0.385. The van der Waals surface area contributed by atoms with E-state index in [2.05, 4.69) is 15.6 Å². The molecule has 3 aromatic rings. The maximum atomic E-state index is 13.2. The Bertz CT molecular complexity index is 1470. The normalized spacial score (nSPS) is 14.0. The van der Waals surface area contributed by atoms with E-state index in [0.717, 1.165) is 35.3 Å². The standard InChI is InChI=1S/C26H30N4O7S2/c1-30(26(33)37-3)19-9-4-16(5-10-19)17-6-11-20-21(14-17)38-25(29-20)23(39(34,35)13-12-36-2)24(32)27-15-22(31)28-18-7-8-18/h4-6,9-11,14,18,23H,7-8,12-13,15H2,1-3H3,(H,27,32)(H,28,31).